The summed E-state index contributed by atoms with van der Waals surface area (Å²) in [7, 11) is 0. The molecule has 0 bridgehead atoms. The summed E-state index contributed by atoms with van der Waals surface area (Å²) in [6.45, 7) is 3.41. The Balaban J connectivity index is 1.99. The van der Waals surface area contributed by atoms with Crippen LogP contribution in [0.1, 0.15) is 6.42 Å². The summed E-state index contributed by atoms with van der Waals surface area (Å²) in [6.07, 6.45) is 3.86. The van der Waals surface area contributed by atoms with E-state index in [9.17, 15) is 0 Å². The third-order valence-electron chi connectivity index (χ3n) is 1.93. The van der Waals surface area contributed by atoms with Gasteiger partial charge in [0.25, 0.3) is 5.22 Å². The van der Waals surface area contributed by atoms with Gasteiger partial charge in [-0.2, -0.15) is 0 Å². The molecule has 2 aromatic rings. The molecule has 0 unspecified atom stereocenters. The van der Waals surface area contributed by atoms with Crippen molar-refractivity contribution in [3.63, 3.8) is 0 Å². The predicted molar refractivity (Wildman–Crippen MR) is 64.6 cm³/mol. The Morgan fingerprint density at radius 1 is 1.47 bits per heavy atom. The lowest BCUT2D eigenvalue weighted by atomic mass is 10.3. The van der Waals surface area contributed by atoms with Gasteiger partial charge in [0.05, 0.1) is 11.3 Å². The van der Waals surface area contributed by atoms with Crippen LogP contribution in [0.3, 0.4) is 0 Å². The van der Waals surface area contributed by atoms with Crippen molar-refractivity contribution in [3.05, 3.63) is 36.9 Å². The van der Waals surface area contributed by atoms with Gasteiger partial charge in [0.2, 0.25) is 5.89 Å². The van der Waals surface area contributed by atoms with Gasteiger partial charge in [-0.1, -0.05) is 18.3 Å². The third kappa shape index (κ3) is 3.32. The third-order valence-corrected chi connectivity index (χ3v) is 2.75. The van der Waals surface area contributed by atoms with Crippen molar-refractivity contribution in [2.75, 3.05) is 5.75 Å². The van der Waals surface area contributed by atoms with Crippen LogP contribution in [0.2, 0.25) is 0 Å². The highest BCUT2D eigenvalue weighted by atomic mass is 32.2. The van der Waals surface area contributed by atoms with Crippen LogP contribution in [0.25, 0.3) is 11.5 Å². The minimum absolute atomic E-state index is 0.157. The molecular formula is C11H11N3O2S. The fraction of sp³-hybridized carbons (Fsp3) is 0.182. The van der Waals surface area contributed by atoms with E-state index in [0.717, 1.165) is 5.56 Å². The quantitative estimate of drug-likeness (QED) is 0.648. The van der Waals surface area contributed by atoms with Gasteiger partial charge >= 0.3 is 0 Å². The number of rotatable bonds is 5. The average molecular weight is 249 g/mol. The minimum Gasteiger partial charge on any atom is -0.513 e. The standard InChI is InChI=1S/C11H11N3O2S/c1-8(15)4-6-17-11-14-13-10(16-11)9-3-2-5-12-7-9/h2-3,5,7,15H,1,4,6H2. The number of nitrogens with zero attached hydrogens (tertiary/aromatic N) is 3. The highest BCUT2D eigenvalue weighted by molar-refractivity contribution is 7.99. The van der Waals surface area contributed by atoms with E-state index in [0.29, 0.717) is 23.3 Å². The number of hydrogen-bond donors (Lipinski definition) is 1. The number of aromatic nitrogens is 3. The molecule has 88 valence electrons. The summed E-state index contributed by atoms with van der Waals surface area (Å²) in [5, 5.41) is 17.2. The van der Waals surface area contributed by atoms with Crippen LogP contribution in [0.5, 0.6) is 0 Å². The molecule has 5 nitrogen and oxygen atoms in total. The monoisotopic (exact) mass is 249 g/mol. The van der Waals surface area contributed by atoms with Gasteiger partial charge < -0.3 is 9.52 Å². The van der Waals surface area contributed by atoms with Crippen molar-refractivity contribution < 1.29 is 9.52 Å². The molecule has 0 fully saturated rings. The molecule has 0 saturated heterocycles. The van der Waals surface area contributed by atoms with E-state index in [2.05, 4.69) is 21.8 Å². The average Bonchev–Trinajstić information content (AvgIpc) is 2.78. The maximum atomic E-state index is 8.93. The zero-order valence-electron chi connectivity index (χ0n) is 9.04. The lowest BCUT2D eigenvalue weighted by Gasteiger charge is -1.94. The van der Waals surface area contributed by atoms with Crippen molar-refractivity contribution in [1.29, 1.82) is 0 Å². The Morgan fingerprint density at radius 2 is 2.35 bits per heavy atom. The highest BCUT2D eigenvalue weighted by Crippen LogP contribution is 2.23. The molecular weight excluding hydrogens is 238 g/mol. The first kappa shape index (κ1) is 11.7. The predicted octanol–water partition coefficient (Wildman–Crippen LogP) is 2.69. The van der Waals surface area contributed by atoms with E-state index in [1.165, 1.54) is 11.8 Å². The number of aliphatic hydroxyl groups excluding tert-OH is 1. The van der Waals surface area contributed by atoms with Crippen molar-refractivity contribution in [1.82, 2.24) is 15.2 Å². The summed E-state index contributed by atoms with van der Waals surface area (Å²) in [6, 6.07) is 3.66. The van der Waals surface area contributed by atoms with Gasteiger partial charge in [-0.3, -0.25) is 4.98 Å². The van der Waals surface area contributed by atoms with E-state index in [-0.39, 0.29) is 5.76 Å². The fourth-order valence-corrected chi connectivity index (χ4v) is 1.88. The Labute approximate surface area is 103 Å². The first-order valence-corrected chi connectivity index (χ1v) is 5.97. The van der Waals surface area contributed by atoms with E-state index >= 15 is 0 Å². The van der Waals surface area contributed by atoms with Gasteiger partial charge in [0, 0.05) is 24.6 Å². The minimum atomic E-state index is 0.157. The van der Waals surface area contributed by atoms with E-state index in [1.807, 2.05) is 12.1 Å². The maximum Gasteiger partial charge on any atom is 0.276 e. The smallest absolute Gasteiger partial charge is 0.276 e. The van der Waals surface area contributed by atoms with Gasteiger partial charge in [-0.05, 0) is 12.1 Å². The molecule has 2 aromatic heterocycles. The van der Waals surface area contributed by atoms with Crippen molar-refractivity contribution in [3.8, 4) is 11.5 Å². The van der Waals surface area contributed by atoms with Crippen LogP contribution in [0.4, 0.5) is 0 Å². The van der Waals surface area contributed by atoms with Crippen LogP contribution in [0.15, 0.2) is 46.5 Å². The molecule has 0 atom stereocenters. The first-order valence-electron chi connectivity index (χ1n) is 4.99. The van der Waals surface area contributed by atoms with Crippen LogP contribution in [0, 0.1) is 0 Å². The molecule has 1 N–H and O–H groups in total. The topological polar surface area (TPSA) is 72.0 Å². The molecule has 0 aromatic carbocycles. The van der Waals surface area contributed by atoms with Crippen molar-refractivity contribution in [2.45, 2.75) is 11.6 Å². The molecule has 17 heavy (non-hydrogen) atoms. The van der Waals surface area contributed by atoms with Crippen LogP contribution in [-0.4, -0.2) is 26.0 Å². The largest absolute Gasteiger partial charge is 0.513 e. The van der Waals surface area contributed by atoms with Crippen LogP contribution < -0.4 is 0 Å². The van der Waals surface area contributed by atoms with Gasteiger partial charge in [0.15, 0.2) is 0 Å². The van der Waals surface area contributed by atoms with Crippen molar-refractivity contribution in [2.24, 2.45) is 0 Å². The molecule has 0 aliphatic rings. The van der Waals surface area contributed by atoms with E-state index < -0.39 is 0 Å². The molecule has 0 spiro atoms. The summed E-state index contributed by atoms with van der Waals surface area (Å²) in [5.74, 6) is 1.26. The number of pyridine rings is 1. The second kappa shape index (κ2) is 5.49. The Morgan fingerprint density at radius 3 is 3.06 bits per heavy atom. The van der Waals surface area contributed by atoms with Crippen LogP contribution in [-0.2, 0) is 0 Å². The molecule has 2 rings (SSSR count). The summed E-state index contributed by atoms with van der Waals surface area (Å²) in [4.78, 5) is 3.98. The highest BCUT2D eigenvalue weighted by Gasteiger charge is 2.08. The second-order valence-electron chi connectivity index (χ2n) is 3.28. The number of allylic oxidation sites excluding steroid dienone is 1. The van der Waals surface area contributed by atoms with Crippen molar-refractivity contribution >= 4 is 11.8 Å². The molecule has 6 heteroatoms. The fourth-order valence-electron chi connectivity index (χ4n) is 1.13. The molecule has 0 aliphatic heterocycles. The normalized spacial score (nSPS) is 10.4. The Hall–Kier alpha value is -1.82. The van der Waals surface area contributed by atoms with Gasteiger partial charge in [-0.15, -0.1) is 10.2 Å². The molecule has 0 amide bonds. The van der Waals surface area contributed by atoms with E-state index in [1.54, 1.807) is 12.4 Å². The SMILES string of the molecule is C=C(O)CCSc1nnc(-c2cccnc2)o1. The lowest BCUT2D eigenvalue weighted by molar-refractivity contribution is 0.398. The van der Waals surface area contributed by atoms with Crippen LogP contribution >= 0.6 is 11.8 Å². The van der Waals surface area contributed by atoms with E-state index in [4.69, 9.17) is 9.52 Å². The maximum absolute atomic E-state index is 8.93. The molecule has 2 heterocycles. The first-order chi connectivity index (χ1) is 8.25. The zero-order valence-corrected chi connectivity index (χ0v) is 9.85. The van der Waals surface area contributed by atoms with Gasteiger partial charge in [0.1, 0.15) is 0 Å². The lowest BCUT2D eigenvalue weighted by Crippen LogP contribution is -1.82. The number of aliphatic hydroxyl groups is 1. The number of thioether (sulfide) groups is 1. The summed E-state index contributed by atoms with van der Waals surface area (Å²) >= 11 is 1.38. The molecule has 0 saturated carbocycles. The zero-order chi connectivity index (χ0) is 12.1. The molecule has 0 radical (unpaired) electrons. The second-order valence-corrected chi connectivity index (χ2v) is 4.33. The Bertz CT molecular complexity index is 498. The number of hydrogen-bond acceptors (Lipinski definition) is 6. The summed E-state index contributed by atoms with van der Waals surface area (Å²) in [5.41, 5.74) is 0.790. The Kier molecular flexibility index (Phi) is 3.77. The van der Waals surface area contributed by atoms with Gasteiger partial charge in [-0.25, -0.2) is 0 Å². The summed E-state index contributed by atoms with van der Waals surface area (Å²) < 4.78 is 5.44. The molecule has 0 aliphatic carbocycles.